The second-order valence-corrected chi connectivity index (χ2v) is 5.53. The summed E-state index contributed by atoms with van der Waals surface area (Å²) in [5.41, 5.74) is 10.5. The van der Waals surface area contributed by atoms with Crippen molar-refractivity contribution in [1.82, 2.24) is 0 Å². The number of nitrogen functional groups attached to an aromatic ring is 1. The Hall–Kier alpha value is -1.23. The summed E-state index contributed by atoms with van der Waals surface area (Å²) in [6.07, 6.45) is 0. The van der Waals surface area contributed by atoms with E-state index in [-0.39, 0.29) is 0 Å². The molecule has 2 aromatic rings. The van der Waals surface area contributed by atoms with Crippen molar-refractivity contribution in [2.75, 3.05) is 17.2 Å². The molecule has 0 amide bonds. The predicted octanol–water partition coefficient (Wildman–Crippen LogP) is 4.34. The fourth-order valence-electron chi connectivity index (χ4n) is 2.06. The Morgan fingerprint density at radius 1 is 1.17 bits per heavy atom. The summed E-state index contributed by atoms with van der Waals surface area (Å²) in [5.74, 6) is 0. The van der Waals surface area contributed by atoms with Gasteiger partial charge in [0.05, 0.1) is 11.4 Å². The second kappa shape index (κ2) is 5.61. The minimum Gasteiger partial charge on any atom is -0.397 e. The first-order chi connectivity index (χ1) is 8.61. The molecule has 2 nitrogen and oxygen atoms in total. The van der Waals surface area contributed by atoms with E-state index in [2.05, 4.69) is 77.7 Å². The van der Waals surface area contributed by atoms with E-state index in [0.29, 0.717) is 0 Å². The van der Waals surface area contributed by atoms with E-state index in [4.69, 9.17) is 5.73 Å². The summed E-state index contributed by atoms with van der Waals surface area (Å²) in [6.45, 7) is 5.14. The second-order valence-electron chi connectivity index (χ2n) is 4.29. The molecule has 0 aromatic heterocycles. The highest BCUT2D eigenvalue weighted by Gasteiger charge is 2.10. The summed E-state index contributed by atoms with van der Waals surface area (Å²) in [7, 11) is 0. The van der Waals surface area contributed by atoms with Crippen LogP contribution >= 0.6 is 22.6 Å². The van der Waals surface area contributed by atoms with Crippen LogP contribution in [0.25, 0.3) is 0 Å². The molecule has 0 unspecified atom stereocenters. The lowest BCUT2D eigenvalue weighted by Crippen LogP contribution is -2.17. The van der Waals surface area contributed by atoms with Gasteiger partial charge in [-0.1, -0.05) is 12.1 Å². The van der Waals surface area contributed by atoms with Crippen LogP contribution in [0.1, 0.15) is 12.5 Å². The maximum atomic E-state index is 6.13. The van der Waals surface area contributed by atoms with Crippen LogP contribution in [0.2, 0.25) is 0 Å². The van der Waals surface area contributed by atoms with Crippen LogP contribution in [0.15, 0.2) is 42.5 Å². The molecule has 0 heterocycles. The highest BCUT2D eigenvalue weighted by molar-refractivity contribution is 14.1. The first-order valence-electron chi connectivity index (χ1n) is 6.01. The van der Waals surface area contributed by atoms with Crippen molar-refractivity contribution in [3.8, 4) is 0 Å². The molecule has 0 aliphatic carbocycles. The number of rotatable bonds is 3. The summed E-state index contributed by atoms with van der Waals surface area (Å²) in [5, 5.41) is 0. The zero-order valence-electron chi connectivity index (χ0n) is 10.7. The molecule has 0 saturated carbocycles. The lowest BCUT2D eigenvalue weighted by molar-refractivity contribution is 1.02. The molecule has 0 fully saturated rings. The Morgan fingerprint density at radius 3 is 2.56 bits per heavy atom. The molecule has 2 N–H and O–H groups in total. The van der Waals surface area contributed by atoms with Gasteiger partial charge in [0, 0.05) is 15.8 Å². The number of hydrogen-bond acceptors (Lipinski definition) is 2. The van der Waals surface area contributed by atoms with Gasteiger partial charge in [0.25, 0.3) is 0 Å². The Morgan fingerprint density at radius 2 is 1.94 bits per heavy atom. The fourth-order valence-corrected chi connectivity index (χ4v) is 2.57. The highest BCUT2D eigenvalue weighted by atomic mass is 127. The van der Waals surface area contributed by atoms with Gasteiger partial charge in [0.1, 0.15) is 0 Å². The topological polar surface area (TPSA) is 29.3 Å². The number of benzene rings is 2. The summed E-state index contributed by atoms with van der Waals surface area (Å²) >= 11 is 2.28. The fraction of sp³-hybridized carbons (Fsp3) is 0.200. The van der Waals surface area contributed by atoms with Crippen LogP contribution in [0.5, 0.6) is 0 Å². The number of nitrogens with two attached hydrogens (primary N) is 1. The molecule has 0 atom stereocenters. The van der Waals surface area contributed by atoms with E-state index < -0.39 is 0 Å². The minimum absolute atomic E-state index is 0.824. The van der Waals surface area contributed by atoms with Crippen molar-refractivity contribution in [3.63, 3.8) is 0 Å². The number of aryl methyl sites for hydroxylation is 1. The third-order valence-electron chi connectivity index (χ3n) is 2.91. The maximum absolute atomic E-state index is 6.13. The molecule has 94 valence electrons. The lowest BCUT2D eigenvalue weighted by atomic mass is 10.1. The number of nitrogens with zero attached hydrogens (tertiary/aromatic N) is 1. The molecule has 0 aliphatic heterocycles. The quantitative estimate of drug-likeness (QED) is 0.658. The Balaban J connectivity index is 2.45. The molecular formula is C15H17IN2. The molecule has 2 aromatic carbocycles. The van der Waals surface area contributed by atoms with Gasteiger partial charge in [-0.15, -0.1) is 0 Å². The van der Waals surface area contributed by atoms with Gasteiger partial charge in [-0.05, 0) is 72.3 Å². The zero-order valence-corrected chi connectivity index (χ0v) is 12.8. The van der Waals surface area contributed by atoms with Crippen LogP contribution in [-0.4, -0.2) is 6.54 Å². The maximum Gasteiger partial charge on any atom is 0.0645 e. The smallest absolute Gasteiger partial charge is 0.0645 e. The van der Waals surface area contributed by atoms with Gasteiger partial charge in [-0.2, -0.15) is 0 Å². The van der Waals surface area contributed by atoms with Gasteiger partial charge in [-0.3, -0.25) is 0 Å². The normalized spacial score (nSPS) is 10.4. The first kappa shape index (κ1) is 13.2. The molecule has 0 radical (unpaired) electrons. The van der Waals surface area contributed by atoms with Gasteiger partial charge in [0.2, 0.25) is 0 Å². The first-order valence-corrected chi connectivity index (χ1v) is 7.09. The van der Waals surface area contributed by atoms with Crippen molar-refractivity contribution in [2.24, 2.45) is 0 Å². The van der Waals surface area contributed by atoms with Gasteiger partial charge >= 0.3 is 0 Å². The van der Waals surface area contributed by atoms with Gasteiger partial charge in [-0.25, -0.2) is 0 Å². The van der Waals surface area contributed by atoms with E-state index >= 15 is 0 Å². The van der Waals surface area contributed by atoms with Crippen LogP contribution in [0.4, 0.5) is 17.1 Å². The van der Waals surface area contributed by atoms with E-state index in [1.165, 1.54) is 11.3 Å². The molecule has 0 saturated heterocycles. The SMILES string of the molecule is CCN(c1cccc(C)c1)c1ccc(I)cc1N. The lowest BCUT2D eigenvalue weighted by Gasteiger charge is -2.25. The minimum atomic E-state index is 0.824. The number of anilines is 3. The Labute approximate surface area is 122 Å². The molecule has 0 aliphatic rings. The van der Waals surface area contributed by atoms with Crippen LogP contribution in [0.3, 0.4) is 0 Å². The van der Waals surface area contributed by atoms with Crippen molar-refractivity contribution >= 4 is 39.7 Å². The Kier molecular flexibility index (Phi) is 4.11. The van der Waals surface area contributed by atoms with Crippen LogP contribution in [-0.2, 0) is 0 Å². The summed E-state index contributed by atoms with van der Waals surface area (Å²) < 4.78 is 1.16. The van der Waals surface area contributed by atoms with Crippen LogP contribution < -0.4 is 10.6 Å². The standard InChI is InChI=1S/C15H17IN2/c1-3-18(13-6-4-5-11(2)9-13)15-8-7-12(16)10-14(15)17/h4-10H,3,17H2,1-2H3. The van der Waals surface area contributed by atoms with E-state index in [1.807, 2.05) is 6.07 Å². The monoisotopic (exact) mass is 352 g/mol. The third-order valence-corrected chi connectivity index (χ3v) is 3.58. The van der Waals surface area contributed by atoms with Crippen molar-refractivity contribution in [3.05, 3.63) is 51.6 Å². The summed E-state index contributed by atoms with van der Waals surface area (Å²) in [4.78, 5) is 2.23. The van der Waals surface area contributed by atoms with E-state index in [0.717, 1.165) is 21.5 Å². The van der Waals surface area contributed by atoms with E-state index in [9.17, 15) is 0 Å². The molecule has 18 heavy (non-hydrogen) atoms. The highest BCUT2D eigenvalue weighted by Crippen LogP contribution is 2.31. The van der Waals surface area contributed by atoms with Gasteiger partial charge in [0.15, 0.2) is 0 Å². The number of hydrogen-bond donors (Lipinski definition) is 1. The van der Waals surface area contributed by atoms with Crippen molar-refractivity contribution in [1.29, 1.82) is 0 Å². The molecule has 0 bridgehead atoms. The predicted molar refractivity (Wildman–Crippen MR) is 87.4 cm³/mol. The largest absolute Gasteiger partial charge is 0.397 e. The van der Waals surface area contributed by atoms with Gasteiger partial charge < -0.3 is 10.6 Å². The molecule has 2 rings (SSSR count). The third kappa shape index (κ3) is 2.77. The zero-order chi connectivity index (χ0) is 13.1. The molecule has 3 heteroatoms. The molecular weight excluding hydrogens is 335 g/mol. The molecule has 0 spiro atoms. The average Bonchev–Trinajstić information content (AvgIpc) is 2.33. The average molecular weight is 352 g/mol. The van der Waals surface area contributed by atoms with Crippen LogP contribution in [0, 0.1) is 10.5 Å². The number of halogens is 1. The Bertz CT molecular complexity index is 552. The van der Waals surface area contributed by atoms with Crippen molar-refractivity contribution < 1.29 is 0 Å². The van der Waals surface area contributed by atoms with E-state index in [1.54, 1.807) is 0 Å². The summed E-state index contributed by atoms with van der Waals surface area (Å²) in [6, 6.07) is 14.7. The van der Waals surface area contributed by atoms with Crippen molar-refractivity contribution in [2.45, 2.75) is 13.8 Å².